The normalized spacial score (nSPS) is 15.3. The van der Waals surface area contributed by atoms with Gasteiger partial charge in [-0.2, -0.15) is 0 Å². The van der Waals surface area contributed by atoms with Crippen molar-refractivity contribution >= 4 is 15.9 Å². The summed E-state index contributed by atoms with van der Waals surface area (Å²) in [5.74, 6) is 1.82. The number of aliphatic hydroxyl groups is 1. The minimum atomic E-state index is -0.669. The fourth-order valence-electron chi connectivity index (χ4n) is 1.91. The summed E-state index contributed by atoms with van der Waals surface area (Å²) >= 11 is 3.44. The largest absolute Gasteiger partial charge is 0.495 e. The third-order valence-electron chi connectivity index (χ3n) is 2.72. The van der Waals surface area contributed by atoms with Gasteiger partial charge in [0.1, 0.15) is 23.4 Å². The number of likely N-dealkylation sites (N-methyl/N-ethyl adjacent to an activating group) is 1. The van der Waals surface area contributed by atoms with Gasteiger partial charge < -0.3 is 24.6 Å². The Hall–Kier alpha value is -0.980. The molecule has 100 valence electrons. The third kappa shape index (κ3) is 2.41. The van der Waals surface area contributed by atoms with Crippen molar-refractivity contribution in [3.05, 3.63) is 16.1 Å². The summed E-state index contributed by atoms with van der Waals surface area (Å²) < 4.78 is 17.1. The summed E-state index contributed by atoms with van der Waals surface area (Å²) in [6, 6.07) is 1.76. The van der Waals surface area contributed by atoms with E-state index in [9.17, 15) is 5.11 Å². The number of benzene rings is 1. The molecule has 0 aromatic heterocycles. The minimum absolute atomic E-state index is 0.433. The molecule has 1 aromatic carbocycles. The van der Waals surface area contributed by atoms with Crippen LogP contribution in [0.4, 0.5) is 0 Å². The van der Waals surface area contributed by atoms with Crippen LogP contribution < -0.4 is 19.5 Å². The van der Waals surface area contributed by atoms with Gasteiger partial charge in [0.05, 0.1) is 13.2 Å². The number of nitrogens with one attached hydrogen (secondary N) is 1. The van der Waals surface area contributed by atoms with Crippen molar-refractivity contribution in [2.75, 3.05) is 33.9 Å². The number of fused-ring (bicyclic) bond motifs is 1. The number of ether oxygens (including phenoxy) is 3. The second kappa shape index (κ2) is 5.77. The van der Waals surface area contributed by atoms with Crippen LogP contribution in [0.25, 0.3) is 0 Å². The molecule has 1 unspecified atom stereocenters. The van der Waals surface area contributed by atoms with E-state index in [1.165, 1.54) is 0 Å². The van der Waals surface area contributed by atoms with E-state index in [4.69, 9.17) is 14.2 Å². The quantitative estimate of drug-likeness (QED) is 0.881. The van der Waals surface area contributed by atoms with Crippen molar-refractivity contribution in [2.45, 2.75) is 6.10 Å². The zero-order valence-corrected chi connectivity index (χ0v) is 11.9. The number of aliphatic hydroxyl groups excluding tert-OH is 1. The van der Waals surface area contributed by atoms with E-state index in [1.807, 2.05) is 0 Å². The molecule has 0 saturated heterocycles. The van der Waals surface area contributed by atoms with Gasteiger partial charge in [-0.15, -0.1) is 0 Å². The molecule has 18 heavy (non-hydrogen) atoms. The molecule has 0 amide bonds. The lowest BCUT2D eigenvalue weighted by Crippen LogP contribution is -2.20. The number of hydrogen-bond acceptors (Lipinski definition) is 5. The second-order valence-corrected chi connectivity index (χ2v) is 4.70. The second-order valence-electron chi connectivity index (χ2n) is 3.91. The van der Waals surface area contributed by atoms with Gasteiger partial charge in [0.25, 0.3) is 0 Å². The van der Waals surface area contributed by atoms with E-state index in [1.54, 1.807) is 20.2 Å². The Bertz CT molecular complexity index is 439. The van der Waals surface area contributed by atoms with Crippen molar-refractivity contribution < 1.29 is 19.3 Å². The standard InChI is InChI=1S/C12H16BrNO4/c1-14-6-8(15)7-5-9-12(18-4-3-17-9)10(13)11(7)16-2/h5,8,14-15H,3-4,6H2,1-2H3. The van der Waals surface area contributed by atoms with Crippen LogP contribution >= 0.6 is 15.9 Å². The molecule has 0 radical (unpaired) electrons. The maximum Gasteiger partial charge on any atom is 0.179 e. The molecular formula is C12H16BrNO4. The van der Waals surface area contributed by atoms with E-state index in [-0.39, 0.29) is 0 Å². The molecule has 1 aliphatic rings. The summed E-state index contributed by atoms with van der Waals surface area (Å²) in [6.07, 6.45) is -0.669. The summed E-state index contributed by atoms with van der Waals surface area (Å²) in [5, 5.41) is 13.0. The first kappa shape index (κ1) is 13.5. The summed E-state index contributed by atoms with van der Waals surface area (Å²) in [5.41, 5.74) is 0.669. The van der Waals surface area contributed by atoms with Crippen molar-refractivity contribution in [3.63, 3.8) is 0 Å². The van der Waals surface area contributed by atoms with Crippen LogP contribution in [0.2, 0.25) is 0 Å². The Morgan fingerprint density at radius 3 is 2.89 bits per heavy atom. The molecule has 0 aliphatic carbocycles. The van der Waals surface area contributed by atoms with E-state index in [0.717, 1.165) is 0 Å². The lowest BCUT2D eigenvalue weighted by molar-refractivity contribution is 0.159. The lowest BCUT2D eigenvalue weighted by Gasteiger charge is -2.24. The van der Waals surface area contributed by atoms with E-state index >= 15 is 0 Å². The van der Waals surface area contributed by atoms with Crippen molar-refractivity contribution in [3.8, 4) is 17.2 Å². The van der Waals surface area contributed by atoms with Gasteiger partial charge in [-0.25, -0.2) is 0 Å². The Morgan fingerprint density at radius 2 is 2.22 bits per heavy atom. The molecule has 1 heterocycles. The highest BCUT2D eigenvalue weighted by molar-refractivity contribution is 9.10. The van der Waals surface area contributed by atoms with Gasteiger partial charge in [-0.1, -0.05) is 0 Å². The van der Waals surface area contributed by atoms with Crippen LogP contribution in [0.3, 0.4) is 0 Å². The first-order valence-electron chi connectivity index (χ1n) is 5.67. The summed E-state index contributed by atoms with van der Waals surface area (Å²) in [7, 11) is 3.34. The molecular weight excluding hydrogens is 302 g/mol. The Morgan fingerprint density at radius 1 is 1.50 bits per heavy atom. The molecule has 0 spiro atoms. The average Bonchev–Trinajstić information content (AvgIpc) is 2.39. The molecule has 1 atom stereocenters. The number of halogens is 1. The number of rotatable bonds is 4. The number of hydrogen-bond donors (Lipinski definition) is 2. The SMILES string of the molecule is CNCC(O)c1cc2c(c(Br)c1OC)OCCO2. The smallest absolute Gasteiger partial charge is 0.179 e. The average molecular weight is 318 g/mol. The molecule has 2 N–H and O–H groups in total. The highest BCUT2D eigenvalue weighted by Gasteiger charge is 2.25. The monoisotopic (exact) mass is 317 g/mol. The van der Waals surface area contributed by atoms with Gasteiger partial charge in [-0.3, -0.25) is 0 Å². The predicted octanol–water partition coefficient (Wildman–Crippen LogP) is 1.48. The fourth-order valence-corrected chi connectivity index (χ4v) is 2.61. The topological polar surface area (TPSA) is 60.0 Å². The minimum Gasteiger partial charge on any atom is -0.495 e. The Kier molecular flexibility index (Phi) is 4.31. The molecule has 0 fully saturated rings. The van der Waals surface area contributed by atoms with Crippen LogP contribution in [-0.4, -0.2) is 39.0 Å². The van der Waals surface area contributed by atoms with E-state index in [2.05, 4.69) is 21.2 Å². The van der Waals surface area contributed by atoms with Gasteiger partial charge >= 0.3 is 0 Å². The van der Waals surface area contributed by atoms with Gasteiger partial charge in [-0.05, 0) is 29.0 Å². The van der Waals surface area contributed by atoms with Gasteiger partial charge in [0.2, 0.25) is 0 Å². The van der Waals surface area contributed by atoms with Gasteiger partial charge in [0.15, 0.2) is 11.5 Å². The molecule has 5 nitrogen and oxygen atoms in total. The molecule has 2 rings (SSSR count). The highest BCUT2D eigenvalue weighted by atomic mass is 79.9. The van der Waals surface area contributed by atoms with E-state index < -0.39 is 6.10 Å². The van der Waals surface area contributed by atoms with E-state index in [0.29, 0.717) is 47.0 Å². The first-order valence-corrected chi connectivity index (χ1v) is 6.47. The predicted molar refractivity (Wildman–Crippen MR) is 70.6 cm³/mol. The van der Waals surface area contributed by atoms with Crippen molar-refractivity contribution in [1.29, 1.82) is 0 Å². The summed E-state index contributed by atoms with van der Waals surface area (Å²) in [6.45, 7) is 1.45. The Balaban J connectivity index is 2.48. The van der Waals surface area contributed by atoms with Crippen molar-refractivity contribution in [2.24, 2.45) is 0 Å². The van der Waals surface area contributed by atoms with Crippen LogP contribution in [0.1, 0.15) is 11.7 Å². The first-order chi connectivity index (χ1) is 8.69. The molecule has 0 bridgehead atoms. The van der Waals surface area contributed by atoms with Crippen LogP contribution in [-0.2, 0) is 0 Å². The third-order valence-corrected chi connectivity index (χ3v) is 3.44. The van der Waals surface area contributed by atoms with Crippen LogP contribution in [0.5, 0.6) is 17.2 Å². The lowest BCUT2D eigenvalue weighted by atomic mass is 10.1. The maximum absolute atomic E-state index is 10.1. The molecule has 1 aromatic rings. The van der Waals surface area contributed by atoms with Crippen molar-refractivity contribution in [1.82, 2.24) is 5.32 Å². The Labute approximate surface area is 114 Å². The molecule has 0 saturated carbocycles. The number of methoxy groups -OCH3 is 1. The van der Waals surface area contributed by atoms with Crippen LogP contribution in [0, 0.1) is 0 Å². The maximum atomic E-state index is 10.1. The molecule has 6 heteroatoms. The van der Waals surface area contributed by atoms with Crippen LogP contribution in [0.15, 0.2) is 10.5 Å². The summed E-state index contributed by atoms with van der Waals surface area (Å²) in [4.78, 5) is 0. The zero-order valence-electron chi connectivity index (χ0n) is 10.3. The fraction of sp³-hybridized carbons (Fsp3) is 0.500. The van der Waals surface area contributed by atoms with Gasteiger partial charge in [0, 0.05) is 12.1 Å². The molecule has 1 aliphatic heterocycles. The highest BCUT2D eigenvalue weighted by Crippen LogP contribution is 2.47. The zero-order chi connectivity index (χ0) is 13.1.